The number of carbonyl (C=O) groups is 1. The van der Waals surface area contributed by atoms with Gasteiger partial charge in [0.15, 0.2) is 5.69 Å². The van der Waals surface area contributed by atoms with Crippen molar-refractivity contribution in [3.63, 3.8) is 0 Å². The van der Waals surface area contributed by atoms with Crippen LogP contribution in [0.3, 0.4) is 0 Å². The van der Waals surface area contributed by atoms with Crippen LogP contribution in [0.15, 0.2) is 18.2 Å². The molecule has 19 heavy (non-hydrogen) atoms. The number of nitrogens with two attached hydrogens (primary N) is 1. The number of H-pyrrole nitrogens is 1. The number of hydrogen-bond acceptors (Lipinski definition) is 4. The molecule has 0 bridgehead atoms. The monoisotopic (exact) mass is 260 g/mol. The molecule has 1 aromatic carbocycles. The van der Waals surface area contributed by atoms with Crippen molar-refractivity contribution in [3.8, 4) is 5.75 Å². The molecule has 2 aromatic rings. The Morgan fingerprint density at radius 1 is 1.42 bits per heavy atom. The Bertz CT molecular complexity index is 619. The fourth-order valence-electron chi connectivity index (χ4n) is 1.76. The molecule has 6 nitrogen and oxygen atoms in total. The van der Waals surface area contributed by atoms with E-state index in [2.05, 4.69) is 15.5 Å². The summed E-state index contributed by atoms with van der Waals surface area (Å²) in [5.74, 6) is 0.430. The van der Waals surface area contributed by atoms with Crippen molar-refractivity contribution in [2.45, 2.75) is 13.8 Å². The van der Waals surface area contributed by atoms with Crippen molar-refractivity contribution < 1.29 is 9.53 Å². The summed E-state index contributed by atoms with van der Waals surface area (Å²) in [7, 11) is 1.60. The number of amides is 1. The van der Waals surface area contributed by atoms with Gasteiger partial charge in [-0.15, -0.1) is 0 Å². The first kappa shape index (κ1) is 12.9. The van der Waals surface area contributed by atoms with E-state index in [1.165, 1.54) is 0 Å². The van der Waals surface area contributed by atoms with E-state index in [0.29, 0.717) is 17.1 Å². The van der Waals surface area contributed by atoms with Crippen LogP contribution in [0.25, 0.3) is 0 Å². The van der Waals surface area contributed by atoms with Gasteiger partial charge in [0.1, 0.15) is 5.75 Å². The van der Waals surface area contributed by atoms with Crippen LogP contribution in [0, 0.1) is 13.8 Å². The van der Waals surface area contributed by atoms with Gasteiger partial charge < -0.3 is 15.8 Å². The maximum atomic E-state index is 12.0. The summed E-state index contributed by atoms with van der Waals surface area (Å²) in [4.78, 5) is 12.0. The third-order valence-corrected chi connectivity index (χ3v) is 2.86. The lowest BCUT2D eigenvalue weighted by molar-refractivity contribution is 0.102. The lowest BCUT2D eigenvalue weighted by Gasteiger charge is -2.08. The van der Waals surface area contributed by atoms with E-state index in [9.17, 15) is 4.79 Å². The van der Waals surface area contributed by atoms with Gasteiger partial charge in [-0.1, -0.05) is 0 Å². The standard InChI is InChI=1S/C13H16N4O2/c1-7-6-9(4-5-10(7)19-3)15-13(18)12-11(14)8(2)16-17-12/h4-6H,14H2,1-3H3,(H,15,18)(H,16,17). The van der Waals surface area contributed by atoms with E-state index < -0.39 is 0 Å². The Hall–Kier alpha value is -2.50. The number of aromatic nitrogens is 2. The van der Waals surface area contributed by atoms with Crippen molar-refractivity contribution in [2.75, 3.05) is 18.2 Å². The number of aryl methyl sites for hydroxylation is 2. The first-order chi connectivity index (χ1) is 9.02. The lowest BCUT2D eigenvalue weighted by Crippen LogP contribution is -2.14. The number of hydrogen-bond donors (Lipinski definition) is 3. The normalized spacial score (nSPS) is 10.3. The highest BCUT2D eigenvalue weighted by atomic mass is 16.5. The van der Waals surface area contributed by atoms with Crippen LogP contribution in [0.4, 0.5) is 11.4 Å². The number of ether oxygens (including phenoxy) is 1. The van der Waals surface area contributed by atoms with E-state index in [0.717, 1.165) is 11.3 Å². The molecule has 0 spiro atoms. The van der Waals surface area contributed by atoms with Crippen LogP contribution >= 0.6 is 0 Å². The molecule has 1 aromatic heterocycles. The lowest BCUT2D eigenvalue weighted by atomic mass is 10.2. The molecule has 0 aliphatic heterocycles. The van der Waals surface area contributed by atoms with Crippen molar-refractivity contribution in [1.29, 1.82) is 0 Å². The van der Waals surface area contributed by atoms with E-state index >= 15 is 0 Å². The maximum absolute atomic E-state index is 12.0. The van der Waals surface area contributed by atoms with Gasteiger partial charge in [0.2, 0.25) is 0 Å². The summed E-state index contributed by atoms with van der Waals surface area (Å²) >= 11 is 0. The third kappa shape index (κ3) is 2.52. The zero-order valence-electron chi connectivity index (χ0n) is 11.1. The van der Waals surface area contributed by atoms with Gasteiger partial charge in [-0.2, -0.15) is 5.10 Å². The van der Waals surface area contributed by atoms with Crippen LogP contribution in [-0.2, 0) is 0 Å². The zero-order chi connectivity index (χ0) is 14.0. The summed E-state index contributed by atoms with van der Waals surface area (Å²) < 4.78 is 5.16. The minimum absolute atomic E-state index is 0.200. The molecule has 0 aliphatic carbocycles. The van der Waals surface area contributed by atoms with Crippen molar-refractivity contribution in [1.82, 2.24) is 10.2 Å². The first-order valence-corrected chi connectivity index (χ1v) is 5.79. The molecular weight excluding hydrogens is 244 g/mol. The molecule has 0 unspecified atom stereocenters. The van der Waals surface area contributed by atoms with Gasteiger partial charge in [0, 0.05) is 5.69 Å². The third-order valence-electron chi connectivity index (χ3n) is 2.86. The fraction of sp³-hybridized carbons (Fsp3) is 0.231. The average Bonchev–Trinajstić information content (AvgIpc) is 2.70. The topological polar surface area (TPSA) is 93.0 Å². The van der Waals surface area contributed by atoms with Gasteiger partial charge in [-0.05, 0) is 37.6 Å². The number of nitrogens with one attached hydrogen (secondary N) is 2. The van der Waals surface area contributed by atoms with Gasteiger partial charge in [-0.3, -0.25) is 9.89 Å². The highest BCUT2D eigenvalue weighted by Gasteiger charge is 2.15. The maximum Gasteiger partial charge on any atom is 0.278 e. The van der Waals surface area contributed by atoms with E-state index in [-0.39, 0.29) is 11.6 Å². The van der Waals surface area contributed by atoms with E-state index in [4.69, 9.17) is 10.5 Å². The number of nitrogens with zero attached hydrogens (tertiary/aromatic N) is 1. The van der Waals surface area contributed by atoms with Crippen LogP contribution in [0.5, 0.6) is 5.75 Å². The second-order valence-electron chi connectivity index (χ2n) is 4.25. The molecule has 0 saturated heterocycles. The van der Waals surface area contributed by atoms with Crippen molar-refractivity contribution in [3.05, 3.63) is 35.2 Å². The minimum Gasteiger partial charge on any atom is -0.496 e. The summed E-state index contributed by atoms with van der Waals surface area (Å²) in [5, 5.41) is 9.31. The number of anilines is 2. The predicted molar refractivity (Wildman–Crippen MR) is 73.4 cm³/mol. The summed E-state index contributed by atoms with van der Waals surface area (Å²) in [6.45, 7) is 3.66. The number of carbonyl (C=O) groups excluding carboxylic acids is 1. The largest absolute Gasteiger partial charge is 0.496 e. The van der Waals surface area contributed by atoms with Crippen LogP contribution in [0.2, 0.25) is 0 Å². The number of rotatable bonds is 3. The summed E-state index contributed by atoms with van der Waals surface area (Å²) in [5.41, 5.74) is 8.60. The molecule has 6 heteroatoms. The average molecular weight is 260 g/mol. The number of methoxy groups -OCH3 is 1. The predicted octanol–water partition coefficient (Wildman–Crippen LogP) is 1.87. The Balaban J connectivity index is 2.19. The molecule has 0 fully saturated rings. The number of nitrogen functional groups attached to an aromatic ring is 1. The van der Waals surface area contributed by atoms with Crippen LogP contribution in [0.1, 0.15) is 21.7 Å². The Labute approximate surface area is 111 Å². The van der Waals surface area contributed by atoms with Gasteiger partial charge in [-0.25, -0.2) is 0 Å². The van der Waals surface area contributed by atoms with Crippen LogP contribution in [-0.4, -0.2) is 23.2 Å². The first-order valence-electron chi connectivity index (χ1n) is 5.79. The molecule has 0 radical (unpaired) electrons. The molecule has 4 N–H and O–H groups in total. The Morgan fingerprint density at radius 3 is 2.68 bits per heavy atom. The van der Waals surface area contributed by atoms with Crippen molar-refractivity contribution >= 4 is 17.3 Å². The second kappa shape index (κ2) is 5.01. The molecule has 0 aliphatic rings. The minimum atomic E-state index is -0.341. The SMILES string of the molecule is COc1ccc(NC(=O)c2n[nH]c(C)c2N)cc1C. The summed E-state index contributed by atoms with van der Waals surface area (Å²) in [6, 6.07) is 5.38. The molecule has 1 heterocycles. The van der Waals surface area contributed by atoms with Gasteiger partial charge in [0.25, 0.3) is 5.91 Å². The smallest absolute Gasteiger partial charge is 0.278 e. The van der Waals surface area contributed by atoms with E-state index in [1.54, 1.807) is 26.2 Å². The number of aromatic amines is 1. The zero-order valence-corrected chi connectivity index (χ0v) is 11.1. The number of benzene rings is 1. The quantitative estimate of drug-likeness (QED) is 0.785. The second-order valence-corrected chi connectivity index (χ2v) is 4.25. The molecule has 2 rings (SSSR count). The van der Waals surface area contributed by atoms with Gasteiger partial charge >= 0.3 is 0 Å². The Morgan fingerprint density at radius 2 is 2.16 bits per heavy atom. The molecule has 1 amide bonds. The highest BCUT2D eigenvalue weighted by Crippen LogP contribution is 2.22. The summed E-state index contributed by atoms with van der Waals surface area (Å²) in [6.07, 6.45) is 0. The molecule has 0 atom stereocenters. The molecular formula is C13H16N4O2. The highest BCUT2D eigenvalue weighted by molar-refractivity contribution is 6.06. The molecule has 0 saturated carbocycles. The Kier molecular flexibility index (Phi) is 3.41. The van der Waals surface area contributed by atoms with Crippen LogP contribution < -0.4 is 15.8 Å². The fourth-order valence-corrected chi connectivity index (χ4v) is 1.76. The van der Waals surface area contributed by atoms with E-state index in [1.807, 2.05) is 13.0 Å². The molecule has 100 valence electrons. The van der Waals surface area contributed by atoms with Crippen molar-refractivity contribution in [2.24, 2.45) is 0 Å². The van der Waals surface area contributed by atoms with Gasteiger partial charge in [0.05, 0.1) is 18.5 Å².